The van der Waals surface area contributed by atoms with E-state index in [1.54, 1.807) is 0 Å². The van der Waals surface area contributed by atoms with Gasteiger partial charge in [0.25, 0.3) is 10.0 Å². The van der Waals surface area contributed by atoms with E-state index in [2.05, 4.69) is 5.32 Å². The first-order valence-electron chi connectivity index (χ1n) is 4.80. The summed E-state index contributed by atoms with van der Waals surface area (Å²) in [7, 11) is 0.0329. The summed E-state index contributed by atoms with van der Waals surface area (Å²) in [5, 5.41) is 3.30. The predicted octanol–water partition coefficient (Wildman–Crippen LogP) is -2.87. The molecular formula is C6H22N2O2Si3. The first-order chi connectivity index (χ1) is 6.27. The summed E-state index contributed by atoms with van der Waals surface area (Å²) in [4.78, 5) is 0. The molecule has 0 aromatic heterocycles. The Bertz CT molecular complexity index is 108. The first-order valence-corrected chi connectivity index (χ1v) is 8.35. The zero-order valence-electron chi connectivity index (χ0n) is 8.71. The molecule has 13 heavy (non-hydrogen) atoms. The molecule has 3 N–H and O–H groups in total. The van der Waals surface area contributed by atoms with E-state index < -0.39 is 10.0 Å². The van der Waals surface area contributed by atoms with Crippen molar-refractivity contribution in [3.8, 4) is 0 Å². The normalized spacial score (nSPS) is 15.2. The van der Waals surface area contributed by atoms with Gasteiger partial charge < -0.3 is 19.3 Å². The lowest BCUT2D eigenvalue weighted by atomic mass is 10.3. The number of nitrogens with two attached hydrogens (primary N) is 1. The highest BCUT2D eigenvalue weighted by molar-refractivity contribution is 6.41. The van der Waals surface area contributed by atoms with Crippen LogP contribution < -0.4 is 11.1 Å². The summed E-state index contributed by atoms with van der Waals surface area (Å²) in [6, 6.07) is 1.52. The van der Waals surface area contributed by atoms with Crippen LogP contribution in [0.3, 0.4) is 0 Å². The van der Waals surface area contributed by atoms with Crippen molar-refractivity contribution >= 4 is 30.3 Å². The van der Waals surface area contributed by atoms with E-state index in [1.807, 2.05) is 6.92 Å². The van der Waals surface area contributed by atoms with Crippen molar-refractivity contribution in [1.82, 2.24) is 5.32 Å². The number of hydrogen-bond acceptors (Lipinski definition) is 4. The zero-order chi connectivity index (χ0) is 9.94. The molecule has 0 saturated heterocycles. The Morgan fingerprint density at radius 3 is 3.00 bits per heavy atom. The van der Waals surface area contributed by atoms with Gasteiger partial charge in [-0.25, -0.2) is 0 Å². The van der Waals surface area contributed by atoms with E-state index >= 15 is 0 Å². The third-order valence-corrected chi connectivity index (χ3v) is 5.11. The van der Waals surface area contributed by atoms with Crippen LogP contribution in [-0.4, -0.2) is 49.4 Å². The maximum atomic E-state index is 5.59. The lowest BCUT2D eigenvalue weighted by Gasteiger charge is -2.07. The molecule has 0 rings (SSSR count). The molecule has 1 atom stereocenters. The molecule has 0 amide bonds. The summed E-state index contributed by atoms with van der Waals surface area (Å²) in [5.74, 6) is 0. The number of hydrogen-bond donors (Lipinski definition) is 2. The van der Waals surface area contributed by atoms with Gasteiger partial charge in [-0.05, 0) is 25.9 Å². The van der Waals surface area contributed by atoms with Gasteiger partial charge in [-0.2, -0.15) is 0 Å². The Morgan fingerprint density at radius 1 is 1.62 bits per heavy atom. The van der Waals surface area contributed by atoms with Crippen LogP contribution in [0.1, 0.15) is 13.3 Å². The summed E-state index contributed by atoms with van der Waals surface area (Å²) in [5.41, 5.74) is 5.59. The summed E-state index contributed by atoms with van der Waals surface area (Å²) < 4.78 is 10.5. The molecule has 0 aliphatic carbocycles. The second-order valence-electron chi connectivity index (χ2n) is 3.20. The van der Waals surface area contributed by atoms with Crippen LogP contribution in [0.15, 0.2) is 0 Å². The highest BCUT2D eigenvalue weighted by Crippen LogP contribution is 1.87. The van der Waals surface area contributed by atoms with Crippen LogP contribution in [0.4, 0.5) is 0 Å². The molecule has 0 radical (unpaired) electrons. The highest BCUT2D eigenvalue weighted by atomic mass is 28.3. The number of rotatable bonds is 9. The molecule has 7 heteroatoms. The van der Waals surface area contributed by atoms with Crippen molar-refractivity contribution in [1.29, 1.82) is 0 Å². The van der Waals surface area contributed by atoms with Crippen molar-refractivity contribution in [2.75, 3.05) is 13.1 Å². The largest absolute Gasteiger partial charge is 0.449 e. The molecule has 1 unspecified atom stereocenters. The predicted molar refractivity (Wildman–Crippen MR) is 65.1 cm³/mol. The van der Waals surface area contributed by atoms with Crippen molar-refractivity contribution in [2.45, 2.75) is 25.4 Å². The second kappa shape index (κ2) is 10.6. The van der Waals surface area contributed by atoms with Crippen molar-refractivity contribution < 1.29 is 8.23 Å². The topological polar surface area (TPSA) is 56.5 Å². The first kappa shape index (κ1) is 13.5. The highest BCUT2D eigenvalue weighted by Gasteiger charge is 1.93. The van der Waals surface area contributed by atoms with E-state index in [1.165, 1.54) is 12.5 Å². The molecule has 0 heterocycles. The molecular weight excluding hydrogens is 216 g/mol. The standard InChI is InChI=1S/C6H22N2O2Si3/c1-6(7)5-8-3-2-4-12-10-13-9-11/h6,8H,2-5,7,12-13H2,1,11H3. The van der Waals surface area contributed by atoms with Crippen LogP contribution in [-0.2, 0) is 8.23 Å². The van der Waals surface area contributed by atoms with Crippen LogP contribution in [0.2, 0.25) is 6.04 Å². The summed E-state index contributed by atoms with van der Waals surface area (Å²) >= 11 is 0. The van der Waals surface area contributed by atoms with Crippen molar-refractivity contribution in [3.05, 3.63) is 0 Å². The second-order valence-corrected chi connectivity index (χ2v) is 8.50. The summed E-state index contributed by atoms with van der Waals surface area (Å²) in [6.45, 7) is 4.00. The van der Waals surface area contributed by atoms with Gasteiger partial charge in [-0.3, -0.25) is 0 Å². The smallest absolute Gasteiger partial charge is 0.282 e. The van der Waals surface area contributed by atoms with Crippen molar-refractivity contribution in [2.24, 2.45) is 5.73 Å². The average Bonchev–Trinajstić information content (AvgIpc) is 2.09. The molecule has 0 aromatic rings. The average molecular weight is 239 g/mol. The molecule has 0 aromatic carbocycles. The minimum absolute atomic E-state index is 0.259. The maximum Gasteiger partial charge on any atom is 0.282 e. The van der Waals surface area contributed by atoms with Gasteiger partial charge in [0.05, 0.1) is 0 Å². The van der Waals surface area contributed by atoms with E-state index in [-0.39, 0.29) is 15.8 Å². The zero-order valence-corrected chi connectivity index (χ0v) is 13.5. The molecule has 0 fully saturated rings. The molecule has 4 nitrogen and oxygen atoms in total. The van der Waals surface area contributed by atoms with Gasteiger partial charge in [0.2, 0.25) is 0 Å². The van der Waals surface area contributed by atoms with Crippen LogP contribution in [0.25, 0.3) is 0 Å². The SMILES string of the molecule is CC(N)CNCCC[SiH2]O[SiH2]O[SiH3]. The van der Waals surface area contributed by atoms with Crippen LogP contribution >= 0.6 is 0 Å². The molecule has 0 aliphatic rings. The fourth-order valence-electron chi connectivity index (χ4n) is 0.926. The third kappa shape index (κ3) is 12.5. The minimum Gasteiger partial charge on any atom is -0.449 e. The Kier molecular flexibility index (Phi) is 11.0. The molecule has 80 valence electrons. The van der Waals surface area contributed by atoms with Crippen molar-refractivity contribution in [3.63, 3.8) is 0 Å². The summed E-state index contributed by atoms with van der Waals surface area (Å²) in [6.07, 6.45) is 1.22. The van der Waals surface area contributed by atoms with Gasteiger partial charge in [-0.15, -0.1) is 0 Å². The maximum absolute atomic E-state index is 5.59. The van der Waals surface area contributed by atoms with E-state index in [0.717, 1.165) is 23.6 Å². The van der Waals surface area contributed by atoms with Gasteiger partial charge in [0.1, 0.15) is 20.2 Å². The fraction of sp³-hybridized carbons (Fsp3) is 1.00. The van der Waals surface area contributed by atoms with E-state index in [4.69, 9.17) is 14.0 Å². The lowest BCUT2D eigenvalue weighted by Crippen LogP contribution is -2.31. The monoisotopic (exact) mass is 238 g/mol. The van der Waals surface area contributed by atoms with Crippen LogP contribution in [0.5, 0.6) is 0 Å². The van der Waals surface area contributed by atoms with Gasteiger partial charge in [-0.1, -0.05) is 0 Å². The Balaban J connectivity index is 2.84. The quantitative estimate of drug-likeness (QED) is 0.335. The molecule has 0 spiro atoms. The molecule has 0 saturated carbocycles. The third-order valence-electron chi connectivity index (χ3n) is 1.56. The minimum atomic E-state index is -0.548. The Morgan fingerprint density at radius 2 is 2.38 bits per heavy atom. The molecule has 0 aliphatic heterocycles. The van der Waals surface area contributed by atoms with Crippen LogP contribution in [0, 0.1) is 0 Å². The van der Waals surface area contributed by atoms with Gasteiger partial charge in [0.15, 0.2) is 0 Å². The fourth-order valence-corrected chi connectivity index (χ4v) is 4.83. The van der Waals surface area contributed by atoms with E-state index in [0.29, 0.717) is 0 Å². The van der Waals surface area contributed by atoms with E-state index in [9.17, 15) is 0 Å². The number of nitrogens with one attached hydrogen (secondary N) is 1. The van der Waals surface area contributed by atoms with Gasteiger partial charge in [0, 0.05) is 12.6 Å². The lowest BCUT2D eigenvalue weighted by molar-refractivity contribution is 0.499. The van der Waals surface area contributed by atoms with Gasteiger partial charge >= 0.3 is 0 Å². The molecule has 0 bridgehead atoms. The Labute approximate surface area is 88.5 Å². The Hall–Kier alpha value is 0.491.